The van der Waals surface area contributed by atoms with Crippen LogP contribution in [0, 0.1) is 0 Å². The Morgan fingerprint density at radius 2 is 1.67 bits per heavy atom. The Kier molecular flexibility index (Phi) is 5.24. The first-order valence-electron chi connectivity index (χ1n) is 7.87. The minimum absolute atomic E-state index is 0.231. The van der Waals surface area contributed by atoms with Gasteiger partial charge in [-0.2, -0.15) is 0 Å². The van der Waals surface area contributed by atoms with Gasteiger partial charge in [-0.15, -0.1) is 0 Å². The third-order valence-electron chi connectivity index (χ3n) is 3.55. The summed E-state index contributed by atoms with van der Waals surface area (Å²) in [7, 11) is 0. The van der Waals surface area contributed by atoms with Gasteiger partial charge in [-0.25, -0.2) is 9.78 Å². The van der Waals surface area contributed by atoms with E-state index in [1.165, 1.54) is 5.56 Å². The molecular formula is C19H19N3O2. The Morgan fingerprint density at radius 3 is 2.42 bits per heavy atom. The van der Waals surface area contributed by atoms with E-state index in [0.29, 0.717) is 18.2 Å². The first-order chi connectivity index (χ1) is 11.8. The van der Waals surface area contributed by atoms with Gasteiger partial charge in [-0.05, 0) is 12.0 Å². The van der Waals surface area contributed by atoms with Crippen LogP contribution in [0.3, 0.4) is 0 Å². The van der Waals surface area contributed by atoms with Crippen molar-refractivity contribution < 1.29 is 9.21 Å². The number of urea groups is 1. The molecule has 0 radical (unpaired) electrons. The van der Waals surface area contributed by atoms with Crippen molar-refractivity contribution in [2.24, 2.45) is 0 Å². The number of nitrogens with one attached hydrogen (secondary N) is 2. The first-order valence-corrected chi connectivity index (χ1v) is 7.87. The zero-order valence-corrected chi connectivity index (χ0v) is 13.2. The highest BCUT2D eigenvalue weighted by Crippen LogP contribution is 2.19. The molecule has 5 nitrogen and oxygen atoms in total. The van der Waals surface area contributed by atoms with E-state index in [9.17, 15) is 4.79 Å². The molecule has 0 saturated heterocycles. The molecule has 0 saturated carbocycles. The summed E-state index contributed by atoms with van der Waals surface area (Å²) in [5, 5.41) is 5.56. The SMILES string of the molecule is O=C(NCCc1ccccc1)NCc1ncc(-c2ccccc2)o1. The number of hydrogen-bond donors (Lipinski definition) is 2. The number of benzene rings is 2. The van der Waals surface area contributed by atoms with Gasteiger partial charge in [0.15, 0.2) is 5.76 Å². The molecule has 0 atom stereocenters. The minimum atomic E-state index is -0.231. The van der Waals surface area contributed by atoms with Gasteiger partial charge >= 0.3 is 6.03 Å². The fourth-order valence-corrected chi connectivity index (χ4v) is 2.31. The van der Waals surface area contributed by atoms with Crippen LogP contribution in [0.4, 0.5) is 4.79 Å². The molecule has 2 N–H and O–H groups in total. The van der Waals surface area contributed by atoms with Gasteiger partial charge in [0.2, 0.25) is 5.89 Å². The van der Waals surface area contributed by atoms with Crippen LogP contribution in [0.15, 0.2) is 71.3 Å². The van der Waals surface area contributed by atoms with Crippen LogP contribution in [0.1, 0.15) is 11.5 Å². The second-order valence-corrected chi connectivity index (χ2v) is 5.33. The maximum atomic E-state index is 11.8. The molecule has 3 aromatic rings. The van der Waals surface area contributed by atoms with Crippen molar-refractivity contribution in [2.45, 2.75) is 13.0 Å². The first kappa shape index (κ1) is 15.8. The lowest BCUT2D eigenvalue weighted by Gasteiger charge is -2.06. The third kappa shape index (κ3) is 4.46. The molecule has 3 rings (SSSR count). The van der Waals surface area contributed by atoms with Crippen LogP contribution in [0.2, 0.25) is 0 Å². The molecule has 0 unspecified atom stereocenters. The number of rotatable bonds is 6. The van der Waals surface area contributed by atoms with Gasteiger partial charge < -0.3 is 15.1 Å². The summed E-state index contributed by atoms with van der Waals surface area (Å²) in [6.07, 6.45) is 2.46. The fraction of sp³-hybridized carbons (Fsp3) is 0.158. The summed E-state index contributed by atoms with van der Waals surface area (Å²) >= 11 is 0. The van der Waals surface area contributed by atoms with Gasteiger partial charge in [0.25, 0.3) is 0 Å². The lowest BCUT2D eigenvalue weighted by Crippen LogP contribution is -2.36. The number of aromatic nitrogens is 1. The summed E-state index contributed by atoms with van der Waals surface area (Å²) in [5.74, 6) is 1.17. The van der Waals surface area contributed by atoms with E-state index in [1.54, 1.807) is 6.20 Å². The topological polar surface area (TPSA) is 67.2 Å². The molecule has 1 aromatic heterocycles. The van der Waals surface area contributed by atoms with Crippen molar-refractivity contribution in [3.8, 4) is 11.3 Å². The highest BCUT2D eigenvalue weighted by molar-refractivity contribution is 5.73. The van der Waals surface area contributed by atoms with Crippen molar-refractivity contribution in [3.05, 3.63) is 78.3 Å². The van der Waals surface area contributed by atoms with E-state index in [4.69, 9.17) is 4.42 Å². The van der Waals surface area contributed by atoms with Gasteiger partial charge in [0, 0.05) is 12.1 Å². The average Bonchev–Trinajstić information content (AvgIpc) is 3.11. The molecule has 5 heteroatoms. The van der Waals surface area contributed by atoms with Crippen LogP contribution < -0.4 is 10.6 Å². The molecule has 0 bridgehead atoms. The van der Waals surface area contributed by atoms with Crippen LogP contribution in [-0.4, -0.2) is 17.6 Å². The molecule has 0 fully saturated rings. The maximum absolute atomic E-state index is 11.8. The Balaban J connectivity index is 1.42. The standard InChI is InChI=1S/C19H19N3O2/c23-19(20-12-11-15-7-3-1-4-8-15)22-14-18-21-13-17(24-18)16-9-5-2-6-10-16/h1-10,13H,11-12,14H2,(H2,20,22,23). The molecular weight excluding hydrogens is 302 g/mol. The number of hydrogen-bond acceptors (Lipinski definition) is 3. The summed E-state index contributed by atoms with van der Waals surface area (Å²) in [6, 6.07) is 19.5. The molecule has 122 valence electrons. The van der Waals surface area contributed by atoms with Crippen molar-refractivity contribution in [2.75, 3.05) is 6.54 Å². The van der Waals surface area contributed by atoms with E-state index in [0.717, 1.165) is 12.0 Å². The minimum Gasteiger partial charge on any atom is -0.439 e. The van der Waals surface area contributed by atoms with Crippen LogP contribution in [0.5, 0.6) is 0 Å². The molecule has 0 aliphatic rings. The zero-order chi connectivity index (χ0) is 16.6. The monoisotopic (exact) mass is 321 g/mol. The highest BCUT2D eigenvalue weighted by atomic mass is 16.4. The third-order valence-corrected chi connectivity index (χ3v) is 3.55. The molecule has 24 heavy (non-hydrogen) atoms. The molecule has 2 amide bonds. The smallest absolute Gasteiger partial charge is 0.315 e. The van der Waals surface area contributed by atoms with Crippen molar-refractivity contribution in [1.29, 1.82) is 0 Å². The summed E-state index contributed by atoms with van der Waals surface area (Å²) in [6.45, 7) is 0.834. The van der Waals surface area contributed by atoms with Gasteiger partial charge in [-0.1, -0.05) is 60.7 Å². The second-order valence-electron chi connectivity index (χ2n) is 5.33. The largest absolute Gasteiger partial charge is 0.439 e. The molecule has 0 aliphatic heterocycles. The maximum Gasteiger partial charge on any atom is 0.315 e. The molecule has 1 heterocycles. The van der Waals surface area contributed by atoms with Crippen LogP contribution in [0.25, 0.3) is 11.3 Å². The second kappa shape index (κ2) is 7.97. The number of carbonyl (C=O) groups is 1. The average molecular weight is 321 g/mol. The van der Waals surface area contributed by atoms with Gasteiger partial charge in [0.1, 0.15) is 0 Å². The number of oxazole rings is 1. The Morgan fingerprint density at radius 1 is 0.958 bits per heavy atom. The lowest BCUT2D eigenvalue weighted by atomic mass is 10.1. The number of nitrogens with zero attached hydrogens (tertiary/aromatic N) is 1. The molecule has 2 aromatic carbocycles. The van der Waals surface area contributed by atoms with Crippen LogP contribution >= 0.6 is 0 Å². The normalized spacial score (nSPS) is 10.3. The number of amides is 2. The summed E-state index contributed by atoms with van der Waals surface area (Å²) in [5.41, 5.74) is 2.15. The van der Waals surface area contributed by atoms with Gasteiger partial charge in [0.05, 0.1) is 12.7 Å². The van der Waals surface area contributed by atoms with E-state index < -0.39 is 0 Å². The Labute approximate surface area is 140 Å². The lowest BCUT2D eigenvalue weighted by molar-refractivity contribution is 0.239. The molecule has 0 spiro atoms. The summed E-state index contributed by atoms with van der Waals surface area (Å²) in [4.78, 5) is 16.0. The predicted molar refractivity (Wildman–Crippen MR) is 92.3 cm³/mol. The Hall–Kier alpha value is -3.08. The van der Waals surface area contributed by atoms with E-state index in [2.05, 4.69) is 15.6 Å². The number of carbonyl (C=O) groups excluding carboxylic acids is 1. The van der Waals surface area contributed by atoms with E-state index in [1.807, 2.05) is 60.7 Å². The Bertz CT molecular complexity index is 770. The highest BCUT2D eigenvalue weighted by Gasteiger charge is 2.07. The van der Waals surface area contributed by atoms with E-state index in [-0.39, 0.29) is 12.6 Å². The predicted octanol–water partition coefficient (Wildman–Crippen LogP) is 3.38. The molecule has 0 aliphatic carbocycles. The van der Waals surface area contributed by atoms with Crippen molar-refractivity contribution in [1.82, 2.24) is 15.6 Å². The van der Waals surface area contributed by atoms with Crippen molar-refractivity contribution >= 4 is 6.03 Å². The van der Waals surface area contributed by atoms with E-state index >= 15 is 0 Å². The fourth-order valence-electron chi connectivity index (χ4n) is 2.31. The van der Waals surface area contributed by atoms with Gasteiger partial charge in [-0.3, -0.25) is 0 Å². The quantitative estimate of drug-likeness (QED) is 0.731. The zero-order valence-electron chi connectivity index (χ0n) is 13.2. The summed E-state index contributed by atoms with van der Waals surface area (Å²) < 4.78 is 5.64. The van der Waals surface area contributed by atoms with Crippen LogP contribution in [-0.2, 0) is 13.0 Å². The van der Waals surface area contributed by atoms with Crippen molar-refractivity contribution in [3.63, 3.8) is 0 Å².